The third-order valence-electron chi connectivity index (χ3n) is 2.32. The fourth-order valence-electron chi connectivity index (χ4n) is 1.29. The summed E-state index contributed by atoms with van der Waals surface area (Å²) in [5.74, 6) is 0.0909. The van der Waals surface area contributed by atoms with Gasteiger partial charge in [0.15, 0.2) is 0 Å². The van der Waals surface area contributed by atoms with E-state index in [0.717, 1.165) is 6.54 Å². The van der Waals surface area contributed by atoms with E-state index in [0.29, 0.717) is 5.41 Å². The summed E-state index contributed by atoms with van der Waals surface area (Å²) in [5.41, 5.74) is 0.422. The molecule has 2 nitrogen and oxygen atoms in total. The van der Waals surface area contributed by atoms with Crippen molar-refractivity contribution in [2.75, 3.05) is 6.54 Å². The van der Waals surface area contributed by atoms with Crippen LogP contribution in [-0.2, 0) is 4.79 Å². The minimum absolute atomic E-state index is 0.0909. The fraction of sp³-hybridized carbons (Fsp3) is 0.875. The highest BCUT2D eigenvalue weighted by Gasteiger charge is 2.31. The van der Waals surface area contributed by atoms with Crippen molar-refractivity contribution >= 4 is 5.91 Å². The first-order chi connectivity index (χ1) is 4.62. The quantitative estimate of drug-likeness (QED) is 0.617. The van der Waals surface area contributed by atoms with E-state index in [-0.39, 0.29) is 5.91 Å². The maximum atomic E-state index is 10.5. The van der Waals surface area contributed by atoms with Gasteiger partial charge in [-0.05, 0) is 18.3 Å². The van der Waals surface area contributed by atoms with Crippen LogP contribution < -0.4 is 5.32 Å². The van der Waals surface area contributed by atoms with Crippen LogP contribution in [0.1, 0.15) is 33.1 Å². The molecule has 0 aliphatic heterocycles. The number of hydrogen-bond acceptors (Lipinski definition) is 1. The lowest BCUT2D eigenvalue weighted by molar-refractivity contribution is -0.119. The van der Waals surface area contributed by atoms with Gasteiger partial charge in [0.1, 0.15) is 0 Å². The van der Waals surface area contributed by atoms with Crippen LogP contribution in [0.4, 0.5) is 0 Å². The van der Waals surface area contributed by atoms with Gasteiger partial charge in [-0.25, -0.2) is 0 Å². The monoisotopic (exact) mass is 141 g/mol. The Bertz CT molecular complexity index is 138. The molecule has 1 amide bonds. The van der Waals surface area contributed by atoms with Crippen molar-refractivity contribution in [2.45, 2.75) is 33.1 Å². The molecular formula is C8H15NO. The fourth-order valence-corrected chi connectivity index (χ4v) is 1.29. The van der Waals surface area contributed by atoms with Gasteiger partial charge >= 0.3 is 0 Å². The highest BCUT2D eigenvalue weighted by atomic mass is 16.1. The molecule has 0 aromatic heterocycles. The molecule has 1 N–H and O–H groups in total. The molecule has 1 fully saturated rings. The number of rotatable bonds is 2. The second kappa shape index (κ2) is 2.60. The van der Waals surface area contributed by atoms with E-state index in [1.165, 1.54) is 19.3 Å². The first kappa shape index (κ1) is 7.58. The van der Waals surface area contributed by atoms with Crippen LogP contribution in [0, 0.1) is 5.41 Å². The van der Waals surface area contributed by atoms with E-state index < -0.39 is 0 Å². The van der Waals surface area contributed by atoms with Gasteiger partial charge in [0, 0.05) is 13.5 Å². The summed E-state index contributed by atoms with van der Waals surface area (Å²) in [6.45, 7) is 4.66. The van der Waals surface area contributed by atoms with Gasteiger partial charge in [0.2, 0.25) is 5.91 Å². The van der Waals surface area contributed by atoms with Crippen LogP contribution in [0.25, 0.3) is 0 Å². The van der Waals surface area contributed by atoms with Gasteiger partial charge in [-0.3, -0.25) is 4.79 Å². The summed E-state index contributed by atoms with van der Waals surface area (Å²) in [6.07, 6.45) is 3.87. The topological polar surface area (TPSA) is 29.1 Å². The molecule has 2 heteroatoms. The molecule has 1 aliphatic carbocycles. The normalized spacial score (nSPS) is 21.4. The molecule has 0 bridgehead atoms. The minimum atomic E-state index is 0.0909. The molecule has 0 saturated heterocycles. The van der Waals surface area contributed by atoms with Gasteiger partial charge in [-0.15, -0.1) is 0 Å². The molecular weight excluding hydrogens is 126 g/mol. The first-order valence-electron chi connectivity index (χ1n) is 3.87. The zero-order valence-corrected chi connectivity index (χ0v) is 6.74. The zero-order chi connectivity index (χ0) is 7.61. The minimum Gasteiger partial charge on any atom is -0.356 e. The van der Waals surface area contributed by atoms with Crippen LogP contribution in [0.5, 0.6) is 0 Å². The zero-order valence-electron chi connectivity index (χ0n) is 6.74. The van der Waals surface area contributed by atoms with Crippen LogP contribution in [-0.4, -0.2) is 12.5 Å². The van der Waals surface area contributed by atoms with E-state index in [4.69, 9.17) is 0 Å². The Morgan fingerprint density at radius 2 is 2.20 bits per heavy atom. The summed E-state index contributed by atoms with van der Waals surface area (Å²) >= 11 is 0. The summed E-state index contributed by atoms with van der Waals surface area (Å²) in [7, 11) is 0. The van der Waals surface area contributed by atoms with Crippen LogP contribution >= 0.6 is 0 Å². The lowest BCUT2D eigenvalue weighted by Crippen LogP contribution is -2.39. The predicted molar refractivity (Wildman–Crippen MR) is 40.6 cm³/mol. The van der Waals surface area contributed by atoms with Crippen molar-refractivity contribution in [2.24, 2.45) is 5.41 Å². The van der Waals surface area contributed by atoms with E-state index in [1.807, 2.05) is 0 Å². The number of amides is 1. The average molecular weight is 141 g/mol. The molecule has 0 aromatic rings. The van der Waals surface area contributed by atoms with E-state index in [9.17, 15) is 4.79 Å². The Morgan fingerprint density at radius 1 is 1.60 bits per heavy atom. The molecule has 10 heavy (non-hydrogen) atoms. The summed E-state index contributed by atoms with van der Waals surface area (Å²) in [5, 5.41) is 2.85. The molecule has 1 aliphatic rings. The molecule has 0 heterocycles. The average Bonchev–Trinajstić information content (AvgIpc) is 1.79. The number of nitrogens with one attached hydrogen (secondary N) is 1. The van der Waals surface area contributed by atoms with Gasteiger partial charge < -0.3 is 5.32 Å². The maximum absolute atomic E-state index is 10.5. The standard InChI is InChI=1S/C8H15NO/c1-7(10)9-6-8(2)4-3-5-8/h3-6H2,1-2H3,(H,9,10). The summed E-state index contributed by atoms with van der Waals surface area (Å²) in [6, 6.07) is 0. The van der Waals surface area contributed by atoms with Crippen molar-refractivity contribution < 1.29 is 4.79 Å². The molecule has 0 aromatic carbocycles. The number of hydrogen-bond donors (Lipinski definition) is 1. The Balaban J connectivity index is 2.18. The first-order valence-corrected chi connectivity index (χ1v) is 3.87. The van der Waals surface area contributed by atoms with Crippen molar-refractivity contribution in [3.63, 3.8) is 0 Å². The maximum Gasteiger partial charge on any atom is 0.216 e. The SMILES string of the molecule is CC(=O)NCC1(C)CCC1. The Morgan fingerprint density at radius 3 is 2.50 bits per heavy atom. The Kier molecular flexibility index (Phi) is 1.97. The number of carbonyl (C=O) groups is 1. The highest BCUT2D eigenvalue weighted by Crippen LogP contribution is 2.39. The highest BCUT2D eigenvalue weighted by molar-refractivity contribution is 5.72. The van der Waals surface area contributed by atoms with Crippen molar-refractivity contribution in [1.82, 2.24) is 5.32 Å². The van der Waals surface area contributed by atoms with Crippen molar-refractivity contribution in [3.8, 4) is 0 Å². The largest absolute Gasteiger partial charge is 0.356 e. The lowest BCUT2D eigenvalue weighted by atomic mass is 9.70. The van der Waals surface area contributed by atoms with Crippen LogP contribution in [0.2, 0.25) is 0 Å². The van der Waals surface area contributed by atoms with Gasteiger partial charge in [0.05, 0.1) is 0 Å². The third kappa shape index (κ3) is 1.72. The smallest absolute Gasteiger partial charge is 0.216 e. The van der Waals surface area contributed by atoms with E-state index in [1.54, 1.807) is 6.92 Å². The molecule has 58 valence electrons. The Labute approximate surface area is 62.0 Å². The number of carbonyl (C=O) groups excluding carboxylic acids is 1. The molecule has 1 rings (SSSR count). The molecule has 1 saturated carbocycles. The molecule has 0 spiro atoms. The lowest BCUT2D eigenvalue weighted by Gasteiger charge is -2.38. The van der Waals surface area contributed by atoms with Crippen LogP contribution in [0.3, 0.4) is 0 Å². The predicted octanol–water partition coefficient (Wildman–Crippen LogP) is 1.31. The van der Waals surface area contributed by atoms with E-state index >= 15 is 0 Å². The molecule has 0 atom stereocenters. The third-order valence-corrected chi connectivity index (χ3v) is 2.32. The van der Waals surface area contributed by atoms with Gasteiger partial charge in [-0.2, -0.15) is 0 Å². The second-order valence-corrected chi connectivity index (χ2v) is 3.57. The van der Waals surface area contributed by atoms with Gasteiger partial charge in [-0.1, -0.05) is 13.3 Å². The van der Waals surface area contributed by atoms with Crippen molar-refractivity contribution in [1.29, 1.82) is 0 Å². The van der Waals surface area contributed by atoms with E-state index in [2.05, 4.69) is 12.2 Å². The molecule has 0 unspecified atom stereocenters. The second-order valence-electron chi connectivity index (χ2n) is 3.57. The molecule has 0 radical (unpaired) electrons. The summed E-state index contributed by atoms with van der Waals surface area (Å²) < 4.78 is 0. The van der Waals surface area contributed by atoms with Crippen LogP contribution in [0.15, 0.2) is 0 Å². The van der Waals surface area contributed by atoms with Gasteiger partial charge in [0.25, 0.3) is 0 Å². The Hall–Kier alpha value is -0.530. The van der Waals surface area contributed by atoms with Crippen molar-refractivity contribution in [3.05, 3.63) is 0 Å². The summed E-state index contributed by atoms with van der Waals surface area (Å²) in [4.78, 5) is 10.5.